The molecule has 32 heavy (non-hydrogen) atoms. The van der Waals surface area contributed by atoms with Gasteiger partial charge < -0.3 is 19.1 Å². The summed E-state index contributed by atoms with van der Waals surface area (Å²) < 4.78 is 11.7. The first-order valence-corrected chi connectivity index (χ1v) is 11.7. The maximum Gasteiger partial charge on any atom is 0.312 e. The molecule has 0 saturated heterocycles. The number of carbonyl (C=O) groups is 1. The molecule has 6 heteroatoms. The first-order chi connectivity index (χ1) is 14.7. The summed E-state index contributed by atoms with van der Waals surface area (Å²) in [4.78, 5) is 11.9. The summed E-state index contributed by atoms with van der Waals surface area (Å²) in [5.74, 6) is 1.19. The van der Waals surface area contributed by atoms with Gasteiger partial charge in [0.1, 0.15) is 23.9 Å². The normalized spacial score (nSPS) is 14.0. The number of rotatable bonds is 9. The Morgan fingerprint density at radius 1 is 0.906 bits per heavy atom. The molecule has 0 aliphatic carbocycles. The number of carboxylic acid groups (broad SMARTS) is 1. The zero-order valence-corrected chi connectivity index (χ0v) is 21.0. The number of hydrogen-bond acceptors (Lipinski definition) is 5. The maximum absolute atomic E-state index is 11.9. The molecule has 0 saturated carbocycles. The molecule has 0 heterocycles. The van der Waals surface area contributed by atoms with Crippen molar-refractivity contribution in [2.45, 2.75) is 65.7 Å². The van der Waals surface area contributed by atoms with Crippen molar-refractivity contribution in [2.75, 3.05) is 12.4 Å². The topological polar surface area (TPSA) is 76.0 Å². The van der Waals surface area contributed by atoms with Gasteiger partial charge in [-0.1, -0.05) is 59.7 Å². The van der Waals surface area contributed by atoms with E-state index in [0.29, 0.717) is 29.4 Å². The van der Waals surface area contributed by atoms with Crippen LogP contribution < -0.4 is 8.92 Å². The Bertz CT molecular complexity index is 877. The zero-order valence-electron chi connectivity index (χ0n) is 20.2. The molecule has 0 spiro atoms. The Morgan fingerprint density at radius 2 is 1.44 bits per heavy atom. The molecule has 0 amide bonds. The molecule has 5 nitrogen and oxygen atoms in total. The van der Waals surface area contributed by atoms with Gasteiger partial charge in [-0.25, -0.2) is 0 Å². The zero-order chi connectivity index (χ0) is 24.2. The third-order valence-corrected chi connectivity index (χ3v) is 6.09. The number of phenols is 1. The molecule has 176 valence electrons. The summed E-state index contributed by atoms with van der Waals surface area (Å²) in [5.41, 5.74) is 0.128. The number of ether oxygens (including phenoxy) is 1. The van der Waals surface area contributed by atoms with Gasteiger partial charge >= 0.3 is 5.97 Å². The van der Waals surface area contributed by atoms with E-state index in [4.69, 9.17) is 8.92 Å². The second-order valence-corrected chi connectivity index (χ2v) is 11.3. The van der Waals surface area contributed by atoms with Gasteiger partial charge in [-0.3, -0.25) is 4.79 Å². The Balaban J connectivity index is 2.07. The minimum atomic E-state index is -1.03. The summed E-state index contributed by atoms with van der Waals surface area (Å²) in [6.45, 7) is 14.1. The molecular formula is C26H36O5S. The quantitative estimate of drug-likeness (QED) is 0.325. The predicted molar refractivity (Wildman–Crippen MR) is 131 cm³/mol. The van der Waals surface area contributed by atoms with Crippen molar-refractivity contribution in [1.29, 1.82) is 0 Å². The second kappa shape index (κ2) is 10.1. The number of hydrogen-bond donors (Lipinski definition) is 2. The van der Waals surface area contributed by atoms with Crippen LogP contribution in [0.4, 0.5) is 0 Å². The Morgan fingerprint density at radius 3 is 1.91 bits per heavy atom. The summed E-state index contributed by atoms with van der Waals surface area (Å²) in [6.07, 6.45) is 0.385. The number of carboxylic acids is 1. The molecular weight excluding hydrogens is 424 g/mol. The van der Waals surface area contributed by atoms with Crippen LogP contribution in [0, 0.1) is 5.41 Å². The molecule has 0 aliphatic heterocycles. The molecule has 0 bridgehead atoms. The molecule has 0 radical (unpaired) electrons. The summed E-state index contributed by atoms with van der Waals surface area (Å²) in [7, 11) is 0. The Hall–Kier alpha value is -2.34. The molecule has 2 rings (SSSR count). The maximum atomic E-state index is 11.9. The van der Waals surface area contributed by atoms with E-state index >= 15 is 0 Å². The Kier molecular flexibility index (Phi) is 8.16. The fourth-order valence-electron chi connectivity index (χ4n) is 3.18. The van der Waals surface area contributed by atoms with E-state index < -0.39 is 11.4 Å². The van der Waals surface area contributed by atoms with Gasteiger partial charge in [0, 0.05) is 16.9 Å². The van der Waals surface area contributed by atoms with E-state index in [1.165, 1.54) is 12.0 Å². The van der Waals surface area contributed by atoms with Gasteiger partial charge in [-0.2, -0.15) is 0 Å². The lowest BCUT2D eigenvalue weighted by Crippen LogP contribution is -2.34. The lowest BCUT2D eigenvalue weighted by molar-refractivity contribution is -0.149. The van der Waals surface area contributed by atoms with Gasteiger partial charge in [-0.15, -0.1) is 0 Å². The third kappa shape index (κ3) is 6.83. The van der Waals surface area contributed by atoms with E-state index in [2.05, 4.69) is 41.5 Å². The molecule has 0 aliphatic rings. The highest BCUT2D eigenvalue weighted by Crippen LogP contribution is 2.42. The van der Waals surface area contributed by atoms with Crippen molar-refractivity contribution >= 4 is 18.0 Å². The van der Waals surface area contributed by atoms with Crippen molar-refractivity contribution in [2.24, 2.45) is 5.41 Å². The van der Waals surface area contributed by atoms with Crippen molar-refractivity contribution in [1.82, 2.24) is 0 Å². The van der Waals surface area contributed by atoms with Crippen LogP contribution in [0.25, 0.3) is 0 Å². The average molecular weight is 461 g/mol. The van der Waals surface area contributed by atoms with Crippen LogP contribution in [0.1, 0.15) is 66.0 Å². The highest BCUT2D eigenvalue weighted by Gasteiger charge is 2.34. The van der Waals surface area contributed by atoms with Gasteiger partial charge in [0.15, 0.2) is 0 Å². The fourth-order valence-corrected chi connectivity index (χ4v) is 4.03. The van der Waals surface area contributed by atoms with Gasteiger partial charge in [0.25, 0.3) is 0 Å². The van der Waals surface area contributed by atoms with Gasteiger partial charge in [0.05, 0.1) is 17.5 Å². The highest BCUT2D eigenvalue weighted by molar-refractivity contribution is 7.95. The number of para-hydroxylation sites is 1. The summed E-state index contributed by atoms with van der Waals surface area (Å²) >= 11 is 1.22. The minimum absolute atomic E-state index is 0.0778. The van der Waals surface area contributed by atoms with Crippen molar-refractivity contribution in [3.8, 4) is 17.2 Å². The van der Waals surface area contributed by atoms with Crippen molar-refractivity contribution in [3.05, 3.63) is 53.6 Å². The molecule has 2 aromatic carbocycles. The molecule has 2 aromatic rings. The highest BCUT2D eigenvalue weighted by atomic mass is 32.2. The monoisotopic (exact) mass is 460 g/mol. The van der Waals surface area contributed by atoms with Crippen LogP contribution in [0.5, 0.6) is 17.2 Å². The van der Waals surface area contributed by atoms with E-state index in [1.807, 2.05) is 42.5 Å². The van der Waals surface area contributed by atoms with Crippen molar-refractivity contribution < 1.29 is 23.9 Å². The second-order valence-electron chi connectivity index (χ2n) is 10.5. The number of aliphatic carboxylic acids is 1. The average Bonchev–Trinajstić information content (AvgIpc) is 2.69. The van der Waals surface area contributed by atoms with Gasteiger partial charge in [0.2, 0.25) is 0 Å². The first-order valence-electron chi connectivity index (χ1n) is 10.8. The van der Waals surface area contributed by atoms with Gasteiger partial charge in [-0.05, 0) is 48.4 Å². The van der Waals surface area contributed by atoms with Crippen LogP contribution in [-0.4, -0.2) is 28.5 Å². The van der Waals surface area contributed by atoms with Crippen LogP contribution >= 0.6 is 12.0 Å². The SMILES string of the molecule is CC(CCSOc1cc(C(C)(C)C)c(O)c(C(C)(C)C)c1)(COc1ccccc1)C(=O)O. The number of benzene rings is 2. The third-order valence-electron chi connectivity index (χ3n) is 5.41. The van der Waals surface area contributed by atoms with E-state index in [0.717, 1.165) is 11.1 Å². The lowest BCUT2D eigenvalue weighted by atomic mass is 9.79. The summed E-state index contributed by atoms with van der Waals surface area (Å²) in [6, 6.07) is 12.9. The predicted octanol–water partition coefficient (Wildman–Crippen LogP) is 6.57. The summed E-state index contributed by atoms with van der Waals surface area (Å²) in [5, 5.41) is 20.6. The number of aromatic hydroxyl groups is 1. The van der Waals surface area contributed by atoms with Crippen molar-refractivity contribution in [3.63, 3.8) is 0 Å². The molecule has 0 aromatic heterocycles. The largest absolute Gasteiger partial charge is 0.507 e. The van der Waals surface area contributed by atoms with E-state index in [9.17, 15) is 15.0 Å². The molecule has 0 fully saturated rings. The van der Waals surface area contributed by atoms with E-state index in [1.54, 1.807) is 6.92 Å². The van der Waals surface area contributed by atoms with Crippen LogP contribution in [-0.2, 0) is 15.6 Å². The lowest BCUT2D eigenvalue weighted by Gasteiger charge is -2.28. The van der Waals surface area contributed by atoms with Crippen LogP contribution in [0.2, 0.25) is 0 Å². The molecule has 1 unspecified atom stereocenters. The molecule has 1 atom stereocenters. The van der Waals surface area contributed by atoms with Crippen LogP contribution in [0.3, 0.4) is 0 Å². The Labute approximate surface area is 196 Å². The molecule has 2 N–H and O–H groups in total. The smallest absolute Gasteiger partial charge is 0.312 e. The van der Waals surface area contributed by atoms with Crippen LogP contribution in [0.15, 0.2) is 42.5 Å². The number of phenolic OH excluding ortho intramolecular Hbond substituents is 1. The fraction of sp³-hybridized carbons (Fsp3) is 0.500. The first kappa shape index (κ1) is 25.9. The van der Waals surface area contributed by atoms with E-state index in [-0.39, 0.29) is 17.4 Å². The standard InChI is InChI=1S/C26H36O5S/c1-24(2,3)20-15-19(16-21(22(20)27)25(4,5)6)31-32-14-13-26(7,23(28)29)17-30-18-11-9-8-10-12-18/h8-12,15-16,27H,13-14,17H2,1-7H3,(H,28,29). The minimum Gasteiger partial charge on any atom is -0.507 e.